The van der Waals surface area contributed by atoms with Gasteiger partial charge in [-0.2, -0.15) is 0 Å². The first-order valence-corrected chi connectivity index (χ1v) is 7.20. The molecule has 2 aliphatic heterocycles. The molecule has 2 heterocycles. The van der Waals surface area contributed by atoms with Gasteiger partial charge in [0.1, 0.15) is 0 Å². The van der Waals surface area contributed by atoms with Crippen molar-refractivity contribution in [2.24, 2.45) is 0 Å². The van der Waals surface area contributed by atoms with Gasteiger partial charge in [-0.15, -0.1) is 0 Å². The predicted molar refractivity (Wildman–Crippen MR) is 76.0 cm³/mol. The van der Waals surface area contributed by atoms with E-state index in [4.69, 9.17) is 0 Å². The highest BCUT2D eigenvalue weighted by atomic mass is 15.2. The number of hydrogen-bond donors (Lipinski definition) is 2. The summed E-state index contributed by atoms with van der Waals surface area (Å²) < 4.78 is 0. The largest absolute Gasteiger partial charge is 0.372 e. The molecule has 18 heavy (non-hydrogen) atoms. The molecule has 0 amide bonds. The minimum absolute atomic E-state index is 0.603. The summed E-state index contributed by atoms with van der Waals surface area (Å²) in [4.78, 5) is 2.52. The number of rotatable bonds is 3. The molecule has 2 saturated heterocycles. The van der Waals surface area contributed by atoms with Gasteiger partial charge in [0.15, 0.2) is 0 Å². The number of hydrogen-bond acceptors (Lipinski definition) is 3. The molecule has 3 rings (SSSR count). The Balaban J connectivity index is 1.60. The molecule has 0 spiro atoms. The van der Waals surface area contributed by atoms with Crippen LogP contribution in [0.3, 0.4) is 0 Å². The van der Waals surface area contributed by atoms with E-state index in [9.17, 15) is 0 Å². The van der Waals surface area contributed by atoms with E-state index in [0.717, 1.165) is 19.6 Å². The van der Waals surface area contributed by atoms with Gasteiger partial charge in [0.25, 0.3) is 0 Å². The summed E-state index contributed by atoms with van der Waals surface area (Å²) in [6.45, 7) is 4.51. The fourth-order valence-electron chi connectivity index (χ4n) is 2.96. The lowest BCUT2D eigenvalue weighted by Crippen LogP contribution is -2.29. The van der Waals surface area contributed by atoms with Crippen molar-refractivity contribution in [1.82, 2.24) is 10.6 Å². The molecule has 98 valence electrons. The number of piperidine rings is 1. The smallest absolute Gasteiger partial charge is 0.0457 e. The molecule has 1 unspecified atom stereocenters. The van der Waals surface area contributed by atoms with Gasteiger partial charge in [-0.05, 0) is 43.4 Å². The van der Waals surface area contributed by atoms with Crippen molar-refractivity contribution in [3.8, 4) is 0 Å². The third-order valence-corrected chi connectivity index (χ3v) is 4.05. The van der Waals surface area contributed by atoms with Gasteiger partial charge in [0, 0.05) is 38.0 Å². The number of anilines is 1. The zero-order valence-electron chi connectivity index (χ0n) is 11.0. The first-order valence-electron chi connectivity index (χ1n) is 7.20. The first kappa shape index (κ1) is 12.0. The van der Waals surface area contributed by atoms with E-state index in [-0.39, 0.29) is 0 Å². The van der Waals surface area contributed by atoms with Gasteiger partial charge in [0.05, 0.1) is 0 Å². The van der Waals surface area contributed by atoms with Crippen LogP contribution in [0.15, 0.2) is 24.3 Å². The summed E-state index contributed by atoms with van der Waals surface area (Å²) in [5.41, 5.74) is 2.84. The maximum Gasteiger partial charge on any atom is 0.0457 e. The number of benzene rings is 1. The fourth-order valence-corrected chi connectivity index (χ4v) is 2.96. The van der Waals surface area contributed by atoms with Crippen molar-refractivity contribution in [2.45, 2.75) is 31.7 Å². The van der Waals surface area contributed by atoms with E-state index in [1.165, 1.54) is 43.6 Å². The SMILES string of the molecule is c1cc(N2CCCCC2)ccc1CC1CNCN1. The molecule has 2 aliphatic rings. The third-order valence-electron chi connectivity index (χ3n) is 4.05. The van der Waals surface area contributed by atoms with Crippen molar-refractivity contribution in [3.05, 3.63) is 29.8 Å². The molecule has 0 aliphatic carbocycles. The van der Waals surface area contributed by atoms with Crippen molar-refractivity contribution in [1.29, 1.82) is 0 Å². The predicted octanol–water partition coefficient (Wildman–Crippen LogP) is 1.74. The van der Waals surface area contributed by atoms with Crippen LogP contribution in [-0.4, -0.2) is 32.3 Å². The van der Waals surface area contributed by atoms with Gasteiger partial charge in [-0.25, -0.2) is 0 Å². The average Bonchev–Trinajstić information content (AvgIpc) is 2.94. The van der Waals surface area contributed by atoms with E-state index < -0.39 is 0 Å². The highest BCUT2D eigenvalue weighted by Gasteiger charge is 2.14. The topological polar surface area (TPSA) is 27.3 Å². The van der Waals surface area contributed by atoms with Crippen molar-refractivity contribution in [3.63, 3.8) is 0 Å². The van der Waals surface area contributed by atoms with Gasteiger partial charge in [-0.3, -0.25) is 0 Å². The highest BCUT2D eigenvalue weighted by molar-refractivity contribution is 5.48. The van der Waals surface area contributed by atoms with Crippen LogP contribution in [0, 0.1) is 0 Å². The standard InChI is InChI=1S/C15H23N3/c1-2-8-18(9-3-1)15-6-4-13(5-7-15)10-14-11-16-12-17-14/h4-7,14,16-17H,1-3,8-12H2. The molecule has 3 nitrogen and oxygen atoms in total. The zero-order valence-corrected chi connectivity index (χ0v) is 11.0. The van der Waals surface area contributed by atoms with Gasteiger partial charge < -0.3 is 15.5 Å². The Kier molecular flexibility index (Phi) is 3.81. The lowest BCUT2D eigenvalue weighted by Gasteiger charge is -2.29. The maximum absolute atomic E-state index is 3.46. The molecule has 1 aromatic carbocycles. The van der Waals surface area contributed by atoms with E-state index in [1.54, 1.807) is 0 Å². The van der Waals surface area contributed by atoms with Gasteiger partial charge >= 0.3 is 0 Å². The lowest BCUT2D eigenvalue weighted by molar-refractivity contribution is 0.577. The summed E-state index contributed by atoms with van der Waals surface area (Å²) in [7, 11) is 0. The Labute approximate surface area is 110 Å². The molecule has 3 heteroatoms. The van der Waals surface area contributed by atoms with Crippen LogP contribution in [-0.2, 0) is 6.42 Å². The maximum atomic E-state index is 3.46. The van der Waals surface area contributed by atoms with Crippen molar-refractivity contribution < 1.29 is 0 Å². The van der Waals surface area contributed by atoms with Crippen LogP contribution in [0.4, 0.5) is 5.69 Å². The minimum atomic E-state index is 0.603. The Morgan fingerprint density at radius 1 is 1.06 bits per heavy atom. The van der Waals surface area contributed by atoms with Crippen LogP contribution in [0.2, 0.25) is 0 Å². The fraction of sp³-hybridized carbons (Fsp3) is 0.600. The van der Waals surface area contributed by atoms with Crippen molar-refractivity contribution in [2.75, 3.05) is 31.2 Å². The quantitative estimate of drug-likeness (QED) is 0.849. The van der Waals surface area contributed by atoms with Gasteiger partial charge in [0.2, 0.25) is 0 Å². The molecule has 0 saturated carbocycles. The number of nitrogens with one attached hydrogen (secondary N) is 2. The van der Waals surface area contributed by atoms with Crippen LogP contribution >= 0.6 is 0 Å². The Morgan fingerprint density at radius 2 is 1.83 bits per heavy atom. The normalized spacial score (nSPS) is 24.4. The average molecular weight is 245 g/mol. The van der Waals surface area contributed by atoms with E-state index in [2.05, 4.69) is 39.8 Å². The lowest BCUT2D eigenvalue weighted by atomic mass is 10.0. The van der Waals surface area contributed by atoms with E-state index in [0.29, 0.717) is 6.04 Å². The van der Waals surface area contributed by atoms with Crippen LogP contribution in [0.25, 0.3) is 0 Å². The molecule has 1 atom stereocenters. The minimum Gasteiger partial charge on any atom is -0.372 e. The third kappa shape index (κ3) is 2.85. The summed E-state index contributed by atoms with van der Waals surface area (Å²) in [6.07, 6.45) is 5.22. The number of nitrogens with zero attached hydrogens (tertiary/aromatic N) is 1. The molecule has 0 radical (unpaired) electrons. The molecule has 1 aromatic rings. The Morgan fingerprint density at radius 3 is 2.50 bits per heavy atom. The van der Waals surface area contributed by atoms with Gasteiger partial charge in [-0.1, -0.05) is 12.1 Å². The Hall–Kier alpha value is -1.06. The molecule has 2 fully saturated rings. The molecular formula is C15H23N3. The molecular weight excluding hydrogens is 222 g/mol. The molecule has 0 bridgehead atoms. The molecule has 0 aromatic heterocycles. The second-order valence-corrected chi connectivity index (χ2v) is 5.45. The second-order valence-electron chi connectivity index (χ2n) is 5.45. The monoisotopic (exact) mass is 245 g/mol. The highest BCUT2D eigenvalue weighted by Crippen LogP contribution is 2.20. The Bertz CT molecular complexity index is 362. The van der Waals surface area contributed by atoms with E-state index in [1.807, 2.05) is 0 Å². The zero-order chi connectivity index (χ0) is 12.2. The van der Waals surface area contributed by atoms with E-state index >= 15 is 0 Å². The first-order chi connectivity index (χ1) is 8.92. The summed E-state index contributed by atoms with van der Waals surface area (Å²) in [6, 6.07) is 9.78. The summed E-state index contributed by atoms with van der Waals surface area (Å²) in [5.74, 6) is 0. The summed E-state index contributed by atoms with van der Waals surface area (Å²) >= 11 is 0. The van der Waals surface area contributed by atoms with Crippen LogP contribution in [0.5, 0.6) is 0 Å². The summed E-state index contributed by atoms with van der Waals surface area (Å²) in [5, 5.41) is 6.80. The van der Waals surface area contributed by atoms with Crippen molar-refractivity contribution >= 4 is 5.69 Å². The van der Waals surface area contributed by atoms with Crippen LogP contribution < -0.4 is 15.5 Å². The van der Waals surface area contributed by atoms with Crippen LogP contribution in [0.1, 0.15) is 24.8 Å². The second kappa shape index (κ2) is 5.72. The molecule has 2 N–H and O–H groups in total.